The van der Waals surface area contributed by atoms with Gasteiger partial charge in [-0.05, 0) is 42.5 Å². The first kappa shape index (κ1) is 20.3. The molecule has 0 unspecified atom stereocenters. The molecule has 142 valence electrons. The molecular weight excluding hydrogens is 399 g/mol. The van der Waals surface area contributed by atoms with Gasteiger partial charge in [-0.1, -0.05) is 78.1 Å². The second-order valence-electron chi connectivity index (χ2n) is 5.62. The van der Waals surface area contributed by atoms with Crippen molar-refractivity contribution < 1.29 is 13.2 Å². The van der Waals surface area contributed by atoms with Crippen LogP contribution in [0.25, 0.3) is 0 Å². The Morgan fingerprint density at radius 1 is 0.679 bits per heavy atom. The number of halogens is 3. The van der Waals surface area contributed by atoms with Crippen molar-refractivity contribution in [2.45, 2.75) is 16.0 Å². The van der Waals surface area contributed by atoms with Gasteiger partial charge in [0, 0.05) is 9.79 Å². The Morgan fingerprint density at radius 3 is 1.64 bits per heavy atom. The summed E-state index contributed by atoms with van der Waals surface area (Å²) < 4.78 is 41.1. The summed E-state index contributed by atoms with van der Waals surface area (Å²) in [6.45, 7) is 0. The van der Waals surface area contributed by atoms with E-state index in [1.54, 1.807) is 54.6 Å². The second kappa shape index (κ2) is 9.66. The minimum Gasteiger partial charge on any atom is -0.242 e. The predicted octanol–water partition coefficient (Wildman–Crippen LogP) is 7.75. The monoisotopic (exact) mass is 415 g/mol. The van der Waals surface area contributed by atoms with E-state index < -0.39 is 11.1 Å². The van der Waals surface area contributed by atoms with Crippen molar-refractivity contribution in [3.63, 3.8) is 0 Å². The molecule has 0 aliphatic carbocycles. The van der Waals surface area contributed by atoms with Gasteiger partial charge in [0.1, 0.15) is 5.04 Å². The molecule has 0 amide bonds. The molecule has 6 heteroatoms. The van der Waals surface area contributed by atoms with Crippen molar-refractivity contribution in [2.24, 2.45) is 4.99 Å². The van der Waals surface area contributed by atoms with Gasteiger partial charge in [-0.2, -0.15) is 13.2 Å². The van der Waals surface area contributed by atoms with Gasteiger partial charge in [-0.25, -0.2) is 4.99 Å². The van der Waals surface area contributed by atoms with Gasteiger partial charge in [0.05, 0.1) is 10.6 Å². The largest absolute Gasteiger partial charge is 0.422 e. The molecule has 0 heterocycles. The normalized spacial score (nSPS) is 12.8. The summed E-state index contributed by atoms with van der Waals surface area (Å²) >= 11 is 1.89. The number of hydrogen-bond acceptors (Lipinski definition) is 3. The summed E-state index contributed by atoms with van der Waals surface area (Å²) in [5, 5.41) is 0.271. The highest BCUT2D eigenvalue weighted by Crippen LogP contribution is 2.40. The summed E-state index contributed by atoms with van der Waals surface area (Å²) in [7, 11) is 0. The topological polar surface area (TPSA) is 12.4 Å². The van der Waals surface area contributed by atoms with Crippen LogP contribution >= 0.6 is 23.5 Å². The van der Waals surface area contributed by atoms with Crippen LogP contribution in [0.3, 0.4) is 0 Å². The van der Waals surface area contributed by atoms with E-state index in [0.29, 0.717) is 22.3 Å². The van der Waals surface area contributed by atoms with Gasteiger partial charge in [-0.15, -0.1) is 0 Å². The number of benzene rings is 3. The van der Waals surface area contributed by atoms with Crippen LogP contribution in [0.15, 0.2) is 117 Å². The van der Waals surface area contributed by atoms with Crippen LogP contribution in [0.5, 0.6) is 0 Å². The number of aliphatic imine (C=N–C) groups is 1. The molecule has 0 atom stereocenters. The maximum absolute atomic E-state index is 13.7. The molecule has 1 nitrogen and oxygen atoms in total. The molecule has 0 saturated carbocycles. The zero-order valence-corrected chi connectivity index (χ0v) is 16.3. The Morgan fingerprint density at radius 2 is 1.14 bits per heavy atom. The van der Waals surface area contributed by atoms with Crippen LogP contribution < -0.4 is 0 Å². The SMILES string of the molecule is FC(F)(F)C(=CC(=Nc1ccccc1)Sc1ccccc1)Sc1ccccc1. The number of allylic oxidation sites excluding steroid dienone is 1. The van der Waals surface area contributed by atoms with Crippen LogP contribution in [-0.4, -0.2) is 11.2 Å². The van der Waals surface area contributed by atoms with Crippen LogP contribution in [-0.2, 0) is 0 Å². The number of alkyl halides is 3. The molecule has 0 bridgehead atoms. The van der Waals surface area contributed by atoms with Crippen LogP contribution in [0.1, 0.15) is 0 Å². The third-order valence-corrected chi connectivity index (χ3v) is 5.47. The summed E-state index contributed by atoms with van der Waals surface area (Å²) in [4.78, 5) is 5.07. The van der Waals surface area contributed by atoms with E-state index in [1.165, 1.54) is 11.8 Å². The number of rotatable bonds is 5. The van der Waals surface area contributed by atoms with E-state index >= 15 is 0 Å². The molecule has 0 fully saturated rings. The molecular formula is C22H16F3NS2. The molecule has 3 aromatic rings. The van der Waals surface area contributed by atoms with E-state index in [0.717, 1.165) is 11.0 Å². The van der Waals surface area contributed by atoms with Crippen LogP contribution in [0.4, 0.5) is 18.9 Å². The minimum absolute atomic E-state index is 0.271. The standard InChI is InChI=1S/C22H16F3NS2/c23-22(24,25)20(27-18-12-6-2-7-13-18)16-21(26-17-10-4-1-5-11-17)28-19-14-8-3-9-15-19/h1-16H. The summed E-state index contributed by atoms with van der Waals surface area (Å²) in [5.41, 5.74) is 0.600. The Bertz CT molecular complexity index is 938. The molecule has 0 aromatic heterocycles. The lowest BCUT2D eigenvalue weighted by Gasteiger charge is -2.12. The quantitative estimate of drug-likeness (QED) is 0.240. The fourth-order valence-corrected chi connectivity index (χ4v) is 3.99. The van der Waals surface area contributed by atoms with Gasteiger partial charge in [0.2, 0.25) is 0 Å². The Labute approximate surface area is 170 Å². The maximum atomic E-state index is 13.7. The second-order valence-corrected chi connectivity index (χ2v) is 7.83. The molecule has 0 aliphatic heterocycles. The summed E-state index contributed by atoms with van der Waals surface area (Å²) in [6, 6.07) is 26.7. The zero-order chi connectivity index (χ0) is 19.8. The molecule has 3 aromatic carbocycles. The first-order valence-electron chi connectivity index (χ1n) is 8.39. The van der Waals surface area contributed by atoms with E-state index in [9.17, 15) is 13.2 Å². The molecule has 0 saturated heterocycles. The molecule has 0 N–H and O–H groups in total. The third-order valence-electron chi connectivity index (χ3n) is 3.47. The first-order chi connectivity index (χ1) is 13.5. The summed E-state index contributed by atoms with van der Waals surface area (Å²) in [5.74, 6) is 0. The highest BCUT2D eigenvalue weighted by atomic mass is 32.2. The number of para-hydroxylation sites is 1. The molecule has 3 rings (SSSR count). The van der Waals surface area contributed by atoms with Crippen molar-refractivity contribution >= 4 is 34.3 Å². The Hall–Kier alpha value is -2.44. The number of nitrogens with zero attached hydrogens (tertiary/aromatic N) is 1. The van der Waals surface area contributed by atoms with Gasteiger partial charge < -0.3 is 0 Å². The highest BCUT2D eigenvalue weighted by Gasteiger charge is 2.35. The van der Waals surface area contributed by atoms with Crippen molar-refractivity contribution in [1.82, 2.24) is 0 Å². The van der Waals surface area contributed by atoms with Crippen LogP contribution in [0.2, 0.25) is 0 Å². The third kappa shape index (κ3) is 6.32. The van der Waals surface area contributed by atoms with E-state index in [4.69, 9.17) is 0 Å². The van der Waals surface area contributed by atoms with Gasteiger partial charge >= 0.3 is 6.18 Å². The average molecular weight is 416 g/mol. The van der Waals surface area contributed by atoms with Crippen molar-refractivity contribution in [3.8, 4) is 0 Å². The highest BCUT2D eigenvalue weighted by molar-refractivity contribution is 8.14. The van der Waals surface area contributed by atoms with Crippen molar-refractivity contribution in [3.05, 3.63) is 102 Å². The van der Waals surface area contributed by atoms with Gasteiger partial charge in [-0.3, -0.25) is 0 Å². The number of hydrogen-bond donors (Lipinski definition) is 0. The van der Waals surface area contributed by atoms with Gasteiger partial charge in [0.25, 0.3) is 0 Å². The lowest BCUT2D eigenvalue weighted by molar-refractivity contribution is -0.0835. The van der Waals surface area contributed by atoms with Crippen molar-refractivity contribution in [1.29, 1.82) is 0 Å². The van der Waals surface area contributed by atoms with E-state index in [2.05, 4.69) is 4.99 Å². The number of thioether (sulfide) groups is 2. The fourth-order valence-electron chi connectivity index (χ4n) is 2.22. The summed E-state index contributed by atoms with van der Waals surface area (Å²) in [6.07, 6.45) is -3.36. The fraction of sp³-hybridized carbons (Fsp3) is 0.0455. The lowest BCUT2D eigenvalue weighted by Crippen LogP contribution is -2.10. The molecule has 0 aliphatic rings. The molecule has 0 spiro atoms. The first-order valence-corrected chi connectivity index (χ1v) is 10.0. The average Bonchev–Trinajstić information content (AvgIpc) is 2.69. The van der Waals surface area contributed by atoms with Gasteiger partial charge in [0.15, 0.2) is 0 Å². The van der Waals surface area contributed by atoms with E-state index in [-0.39, 0.29) is 5.04 Å². The smallest absolute Gasteiger partial charge is 0.242 e. The van der Waals surface area contributed by atoms with Crippen molar-refractivity contribution in [2.75, 3.05) is 0 Å². The maximum Gasteiger partial charge on any atom is 0.422 e. The molecule has 28 heavy (non-hydrogen) atoms. The van der Waals surface area contributed by atoms with Crippen LogP contribution in [0, 0.1) is 0 Å². The van der Waals surface area contributed by atoms with E-state index in [1.807, 2.05) is 36.4 Å². The lowest BCUT2D eigenvalue weighted by atomic mass is 10.3. The molecule has 0 radical (unpaired) electrons. The Balaban J connectivity index is 1.99. The predicted molar refractivity (Wildman–Crippen MR) is 112 cm³/mol. The zero-order valence-electron chi connectivity index (χ0n) is 14.6. The minimum atomic E-state index is -4.48. The Kier molecular flexibility index (Phi) is 7.01.